The summed E-state index contributed by atoms with van der Waals surface area (Å²) in [6, 6.07) is 0. The Kier molecular flexibility index (Phi) is 2.52. The highest BCUT2D eigenvalue weighted by molar-refractivity contribution is 6.28. The molecule has 18 heavy (non-hydrogen) atoms. The first-order chi connectivity index (χ1) is 8.72. The van der Waals surface area contributed by atoms with E-state index in [0.717, 1.165) is 5.56 Å². The van der Waals surface area contributed by atoms with Crippen LogP contribution in [0.5, 0.6) is 0 Å². The van der Waals surface area contributed by atoms with Gasteiger partial charge in [0.1, 0.15) is 6.33 Å². The zero-order valence-corrected chi connectivity index (χ0v) is 10.2. The van der Waals surface area contributed by atoms with E-state index in [4.69, 9.17) is 11.6 Å². The molecule has 3 heterocycles. The van der Waals surface area contributed by atoms with E-state index in [0.29, 0.717) is 11.8 Å². The summed E-state index contributed by atoms with van der Waals surface area (Å²) in [6.07, 6.45) is 8.45. The molecule has 7 nitrogen and oxygen atoms in total. The van der Waals surface area contributed by atoms with Gasteiger partial charge in [0, 0.05) is 25.6 Å². The number of hydrogen-bond donors (Lipinski definition) is 0. The Morgan fingerprint density at radius 1 is 1.22 bits per heavy atom. The molecular weight excluding hydrogens is 254 g/mol. The molecule has 0 radical (unpaired) electrons. The summed E-state index contributed by atoms with van der Waals surface area (Å²) in [5, 5.41) is 4.20. The maximum Gasteiger partial charge on any atom is 0.239 e. The Bertz CT molecular complexity index is 673. The second kappa shape index (κ2) is 4.19. The molecule has 0 aromatic carbocycles. The molecule has 0 N–H and O–H groups in total. The van der Waals surface area contributed by atoms with Crippen LogP contribution in [0.15, 0.2) is 31.1 Å². The van der Waals surface area contributed by atoms with Crippen LogP contribution in [0.2, 0.25) is 5.28 Å². The molecule has 0 aliphatic rings. The molecule has 0 amide bonds. The first-order valence-corrected chi connectivity index (χ1v) is 5.49. The van der Waals surface area contributed by atoms with Crippen molar-refractivity contribution in [1.29, 1.82) is 0 Å². The lowest BCUT2D eigenvalue weighted by molar-refractivity contribution is 0.768. The molecule has 0 aliphatic carbocycles. The van der Waals surface area contributed by atoms with E-state index in [-0.39, 0.29) is 5.28 Å². The Morgan fingerprint density at radius 2 is 2.11 bits per heavy atom. The maximum atomic E-state index is 5.90. The van der Waals surface area contributed by atoms with Gasteiger partial charge in [-0.05, 0) is 11.6 Å². The van der Waals surface area contributed by atoms with Crippen molar-refractivity contribution in [2.45, 2.75) is 0 Å². The molecule has 0 saturated heterocycles. The van der Waals surface area contributed by atoms with Gasteiger partial charge in [0.25, 0.3) is 0 Å². The molecular formula is C10H8ClN7. The molecule has 8 heteroatoms. The zero-order valence-electron chi connectivity index (χ0n) is 9.40. The first-order valence-electron chi connectivity index (χ1n) is 5.11. The number of hydrogen-bond acceptors (Lipinski definition) is 5. The molecule has 3 aromatic heterocycles. The molecule has 0 spiro atoms. The fourth-order valence-electron chi connectivity index (χ4n) is 1.50. The van der Waals surface area contributed by atoms with Crippen LogP contribution < -0.4 is 0 Å². The van der Waals surface area contributed by atoms with E-state index in [1.807, 2.05) is 13.2 Å². The second-order valence-electron chi connectivity index (χ2n) is 3.60. The molecule has 3 aromatic rings. The molecule has 0 saturated carbocycles. The largest absolute Gasteiger partial charge is 0.275 e. The third-order valence-corrected chi connectivity index (χ3v) is 2.46. The highest BCUT2D eigenvalue weighted by Crippen LogP contribution is 2.16. The van der Waals surface area contributed by atoms with Crippen molar-refractivity contribution in [3.8, 4) is 17.3 Å². The van der Waals surface area contributed by atoms with Gasteiger partial charge in [-0.3, -0.25) is 9.25 Å². The standard InChI is InChI=1S/C10H8ClN7/c1-17-5-7(4-13-17)8-14-9(11)16-10(15-8)18-3-2-12-6-18/h2-6H,1H3. The molecule has 0 unspecified atom stereocenters. The predicted molar refractivity (Wildman–Crippen MR) is 64.2 cm³/mol. The van der Waals surface area contributed by atoms with E-state index >= 15 is 0 Å². The van der Waals surface area contributed by atoms with Gasteiger partial charge < -0.3 is 0 Å². The van der Waals surface area contributed by atoms with Gasteiger partial charge in [-0.2, -0.15) is 20.1 Å². The summed E-state index contributed by atoms with van der Waals surface area (Å²) in [6.45, 7) is 0. The van der Waals surface area contributed by atoms with Crippen molar-refractivity contribution in [1.82, 2.24) is 34.3 Å². The number of aromatic nitrogens is 7. The van der Waals surface area contributed by atoms with Gasteiger partial charge in [0.2, 0.25) is 11.2 Å². The van der Waals surface area contributed by atoms with Gasteiger partial charge in [0.15, 0.2) is 5.82 Å². The lowest BCUT2D eigenvalue weighted by Crippen LogP contribution is -2.02. The van der Waals surface area contributed by atoms with E-state index in [2.05, 4.69) is 25.0 Å². The summed E-state index contributed by atoms with van der Waals surface area (Å²) in [5.41, 5.74) is 0.781. The molecule has 90 valence electrons. The Hall–Kier alpha value is -2.28. The van der Waals surface area contributed by atoms with Crippen LogP contribution in [0.4, 0.5) is 0 Å². The minimum atomic E-state index is 0.132. The predicted octanol–water partition coefficient (Wildman–Crippen LogP) is 1.11. The molecule has 0 fully saturated rings. The molecule has 3 rings (SSSR count). The third-order valence-electron chi connectivity index (χ3n) is 2.29. The lowest BCUT2D eigenvalue weighted by Gasteiger charge is -2.02. The maximum absolute atomic E-state index is 5.90. The van der Waals surface area contributed by atoms with Crippen molar-refractivity contribution >= 4 is 11.6 Å². The topological polar surface area (TPSA) is 74.3 Å². The van der Waals surface area contributed by atoms with Crippen LogP contribution in [0.25, 0.3) is 17.3 Å². The fourth-order valence-corrected chi connectivity index (χ4v) is 1.65. The van der Waals surface area contributed by atoms with Crippen LogP contribution >= 0.6 is 11.6 Å². The van der Waals surface area contributed by atoms with Crippen molar-refractivity contribution in [2.75, 3.05) is 0 Å². The lowest BCUT2D eigenvalue weighted by atomic mass is 10.3. The molecule has 0 aliphatic heterocycles. The zero-order chi connectivity index (χ0) is 12.5. The molecule has 0 atom stereocenters. The normalized spacial score (nSPS) is 10.8. The summed E-state index contributed by atoms with van der Waals surface area (Å²) in [4.78, 5) is 16.4. The Balaban J connectivity index is 2.11. The molecule has 0 bridgehead atoms. The number of imidazole rings is 1. The Morgan fingerprint density at radius 3 is 2.78 bits per heavy atom. The number of nitrogens with zero attached hydrogens (tertiary/aromatic N) is 7. The van der Waals surface area contributed by atoms with Crippen LogP contribution in [-0.4, -0.2) is 34.3 Å². The average molecular weight is 262 g/mol. The first kappa shape index (κ1) is 10.8. The van der Waals surface area contributed by atoms with Crippen molar-refractivity contribution in [2.24, 2.45) is 7.05 Å². The number of rotatable bonds is 2. The highest BCUT2D eigenvalue weighted by Gasteiger charge is 2.09. The smallest absolute Gasteiger partial charge is 0.239 e. The van der Waals surface area contributed by atoms with E-state index in [1.54, 1.807) is 34.2 Å². The van der Waals surface area contributed by atoms with Crippen LogP contribution in [0.1, 0.15) is 0 Å². The summed E-state index contributed by atoms with van der Waals surface area (Å²) < 4.78 is 3.33. The van der Waals surface area contributed by atoms with Crippen LogP contribution in [0.3, 0.4) is 0 Å². The monoisotopic (exact) mass is 261 g/mol. The summed E-state index contributed by atoms with van der Waals surface area (Å²) in [5.74, 6) is 0.901. The van der Waals surface area contributed by atoms with E-state index < -0.39 is 0 Å². The van der Waals surface area contributed by atoms with Crippen LogP contribution in [-0.2, 0) is 7.05 Å². The highest BCUT2D eigenvalue weighted by atomic mass is 35.5. The minimum absolute atomic E-state index is 0.132. The summed E-state index contributed by atoms with van der Waals surface area (Å²) in [7, 11) is 1.82. The fraction of sp³-hybridized carbons (Fsp3) is 0.100. The Labute approximate surface area is 107 Å². The number of halogens is 1. The number of aryl methyl sites for hydroxylation is 1. The van der Waals surface area contributed by atoms with Crippen molar-refractivity contribution in [3.05, 3.63) is 36.4 Å². The van der Waals surface area contributed by atoms with Crippen molar-refractivity contribution in [3.63, 3.8) is 0 Å². The second-order valence-corrected chi connectivity index (χ2v) is 3.94. The van der Waals surface area contributed by atoms with E-state index in [9.17, 15) is 0 Å². The summed E-state index contributed by atoms with van der Waals surface area (Å²) >= 11 is 5.90. The third kappa shape index (κ3) is 1.95. The quantitative estimate of drug-likeness (QED) is 0.691. The van der Waals surface area contributed by atoms with Gasteiger partial charge >= 0.3 is 0 Å². The average Bonchev–Trinajstić information content (AvgIpc) is 2.98. The van der Waals surface area contributed by atoms with E-state index in [1.165, 1.54) is 0 Å². The van der Waals surface area contributed by atoms with Gasteiger partial charge in [-0.25, -0.2) is 4.98 Å². The van der Waals surface area contributed by atoms with Crippen LogP contribution in [0, 0.1) is 0 Å². The van der Waals surface area contributed by atoms with Gasteiger partial charge in [-0.1, -0.05) is 0 Å². The van der Waals surface area contributed by atoms with Crippen molar-refractivity contribution < 1.29 is 0 Å². The van der Waals surface area contributed by atoms with Gasteiger partial charge in [-0.15, -0.1) is 0 Å². The minimum Gasteiger partial charge on any atom is -0.275 e. The SMILES string of the molecule is Cn1cc(-c2nc(Cl)nc(-n3ccnc3)n2)cn1. The van der Waals surface area contributed by atoms with Gasteiger partial charge in [0.05, 0.1) is 11.8 Å².